The molecule has 1 unspecified atom stereocenters. The van der Waals surface area contributed by atoms with E-state index in [1.165, 1.54) is 0 Å². The Morgan fingerprint density at radius 3 is 2.56 bits per heavy atom. The number of rotatable bonds is 6. The Kier molecular flexibility index (Phi) is 5.50. The zero-order chi connectivity index (χ0) is 19.7. The summed E-state index contributed by atoms with van der Waals surface area (Å²) in [6, 6.07) is 7.92. The highest BCUT2D eigenvalue weighted by molar-refractivity contribution is 7.88. The van der Waals surface area contributed by atoms with E-state index >= 15 is 0 Å². The van der Waals surface area contributed by atoms with Crippen LogP contribution in [0.2, 0.25) is 0 Å². The quantitative estimate of drug-likeness (QED) is 0.786. The van der Waals surface area contributed by atoms with Crippen LogP contribution in [-0.4, -0.2) is 27.2 Å². The maximum Gasteiger partial charge on any atom is 0.215 e. The molecule has 5 nitrogen and oxygen atoms in total. The number of ether oxygens (including phenoxy) is 1. The lowest BCUT2D eigenvalue weighted by molar-refractivity contribution is 0.0242. The number of nitrogens with one attached hydrogen (secondary N) is 1. The lowest BCUT2D eigenvalue weighted by Gasteiger charge is -2.34. The van der Waals surface area contributed by atoms with E-state index < -0.39 is 33.0 Å². The summed E-state index contributed by atoms with van der Waals surface area (Å²) in [7, 11) is -2.33. The summed E-state index contributed by atoms with van der Waals surface area (Å²) in [4.78, 5) is 0. The molecule has 3 rings (SSSR count). The molecule has 1 aliphatic carbocycles. The number of aliphatic hydroxyl groups is 1. The molecule has 27 heavy (non-hydrogen) atoms. The summed E-state index contributed by atoms with van der Waals surface area (Å²) in [5, 5.41) is 11.0. The minimum atomic E-state index is -3.89. The second kappa shape index (κ2) is 7.53. The second-order valence-corrected chi connectivity index (χ2v) is 8.57. The average Bonchev–Trinajstić information content (AvgIpc) is 2.59. The number of hydrogen-bond donors (Lipinski definition) is 2. The fourth-order valence-corrected chi connectivity index (χ4v) is 4.61. The minimum absolute atomic E-state index is 0.000713. The monoisotopic (exact) mass is 397 g/mol. The molecule has 0 fully saturated rings. The van der Waals surface area contributed by atoms with Gasteiger partial charge in [0.05, 0.1) is 12.9 Å². The minimum Gasteiger partial charge on any atom is -0.497 e. The van der Waals surface area contributed by atoms with Crippen molar-refractivity contribution in [3.63, 3.8) is 0 Å². The van der Waals surface area contributed by atoms with Gasteiger partial charge in [-0.15, -0.1) is 0 Å². The van der Waals surface area contributed by atoms with Crippen LogP contribution in [0, 0.1) is 11.6 Å². The Balaban J connectivity index is 1.76. The van der Waals surface area contributed by atoms with Gasteiger partial charge in [-0.1, -0.05) is 6.07 Å². The molecule has 0 saturated heterocycles. The van der Waals surface area contributed by atoms with E-state index in [-0.39, 0.29) is 12.1 Å². The van der Waals surface area contributed by atoms with Crippen molar-refractivity contribution >= 4 is 10.0 Å². The van der Waals surface area contributed by atoms with Gasteiger partial charge in [0.25, 0.3) is 0 Å². The van der Waals surface area contributed by atoms with Gasteiger partial charge in [-0.3, -0.25) is 0 Å². The molecule has 2 aromatic rings. The molecule has 0 heterocycles. The lowest BCUT2D eigenvalue weighted by Crippen LogP contribution is -2.43. The predicted molar refractivity (Wildman–Crippen MR) is 96.8 cm³/mol. The summed E-state index contributed by atoms with van der Waals surface area (Å²) in [6.07, 6.45) is 1.88. The summed E-state index contributed by atoms with van der Waals surface area (Å²) in [5.41, 5.74) is 0.226. The number of sulfonamides is 1. The van der Waals surface area contributed by atoms with E-state index in [2.05, 4.69) is 4.72 Å². The van der Waals surface area contributed by atoms with E-state index in [0.717, 1.165) is 24.1 Å². The molecular weight excluding hydrogens is 376 g/mol. The number of hydrogen-bond acceptors (Lipinski definition) is 4. The summed E-state index contributed by atoms with van der Waals surface area (Å²) < 4.78 is 58.8. The highest BCUT2D eigenvalue weighted by Crippen LogP contribution is 2.36. The molecule has 0 aromatic heterocycles. The fraction of sp³-hybridized carbons (Fsp3) is 0.368. The molecule has 0 bridgehead atoms. The fourth-order valence-electron chi connectivity index (χ4n) is 3.44. The van der Waals surface area contributed by atoms with Crippen molar-refractivity contribution in [3.05, 3.63) is 64.7 Å². The number of aryl methyl sites for hydroxylation is 1. The first-order valence-electron chi connectivity index (χ1n) is 8.53. The van der Waals surface area contributed by atoms with Crippen LogP contribution in [0.15, 0.2) is 36.4 Å². The van der Waals surface area contributed by atoms with Gasteiger partial charge >= 0.3 is 0 Å². The molecule has 146 valence electrons. The van der Waals surface area contributed by atoms with Gasteiger partial charge in [0.2, 0.25) is 10.0 Å². The van der Waals surface area contributed by atoms with E-state index in [0.29, 0.717) is 30.2 Å². The molecule has 1 atom stereocenters. The molecule has 8 heteroatoms. The van der Waals surface area contributed by atoms with Crippen molar-refractivity contribution in [2.24, 2.45) is 0 Å². The van der Waals surface area contributed by atoms with E-state index in [4.69, 9.17) is 4.74 Å². The van der Waals surface area contributed by atoms with Crippen LogP contribution >= 0.6 is 0 Å². The van der Waals surface area contributed by atoms with Gasteiger partial charge in [-0.25, -0.2) is 21.9 Å². The second-order valence-electron chi connectivity index (χ2n) is 6.77. The SMILES string of the molecule is COc1ccc2c(c1)CCCC2(O)CNS(=O)(=O)Cc1cc(F)cc(F)c1. The van der Waals surface area contributed by atoms with Crippen LogP contribution in [0.1, 0.15) is 29.5 Å². The first-order valence-corrected chi connectivity index (χ1v) is 10.2. The molecule has 0 aliphatic heterocycles. The molecule has 2 N–H and O–H groups in total. The van der Waals surface area contributed by atoms with Crippen molar-refractivity contribution in [1.82, 2.24) is 4.72 Å². The topological polar surface area (TPSA) is 75.6 Å². The number of fused-ring (bicyclic) bond motifs is 1. The lowest BCUT2D eigenvalue weighted by atomic mass is 9.79. The Morgan fingerprint density at radius 2 is 1.89 bits per heavy atom. The van der Waals surface area contributed by atoms with Gasteiger partial charge in [-0.2, -0.15) is 0 Å². The van der Waals surface area contributed by atoms with Gasteiger partial charge in [-0.05, 0) is 60.2 Å². The van der Waals surface area contributed by atoms with Crippen molar-refractivity contribution in [2.75, 3.05) is 13.7 Å². The Bertz CT molecular complexity index is 928. The van der Waals surface area contributed by atoms with Crippen LogP contribution in [0.3, 0.4) is 0 Å². The third kappa shape index (κ3) is 4.63. The number of benzene rings is 2. The number of halogens is 2. The van der Waals surface area contributed by atoms with E-state index in [9.17, 15) is 22.3 Å². The first-order chi connectivity index (χ1) is 12.7. The number of methoxy groups -OCH3 is 1. The summed E-state index contributed by atoms with van der Waals surface area (Å²) >= 11 is 0. The average molecular weight is 397 g/mol. The smallest absolute Gasteiger partial charge is 0.215 e. The highest BCUT2D eigenvalue weighted by Gasteiger charge is 2.35. The largest absolute Gasteiger partial charge is 0.497 e. The van der Waals surface area contributed by atoms with Crippen molar-refractivity contribution in [2.45, 2.75) is 30.6 Å². The predicted octanol–water partition coefficient (Wildman–Crippen LogP) is 2.62. The van der Waals surface area contributed by atoms with Crippen molar-refractivity contribution < 1.29 is 27.0 Å². The zero-order valence-corrected chi connectivity index (χ0v) is 15.7. The van der Waals surface area contributed by atoms with Crippen LogP contribution < -0.4 is 9.46 Å². The van der Waals surface area contributed by atoms with Crippen molar-refractivity contribution in [1.29, 1.82) is 0 Å². The zero-order valence-electron chi connectivity index (χ0n) is 14.8. The highest BCUT2D eigenvalue weighted by atomic mass is 32.2. The van der Waals surface area contributed by atoms with Gasteiger partial charge in [0.1, 0.15) is 23.0 Å². The third-order valence-corrected chi connectivity index (χ3v) is 6.01. The maximum absolute atomic E-state index is 13.3. The molecule has 0 spiro atoms. The van der Waals surface area contributed by atoms with E-state index in [1.807, 2.05) is 6.07 Å². The Morgan fingerprint density at radius 1 is 1.19 bits per heavy atom. The standard InChI is InChI=1S/C19H21F2NO4S/c1-26-17-4-5-18-14(9-17)3-2-6-19(18,23)12-22-27(24,25)11-13-7-15(20)10-16(21)8-13/h4-5,7-10,22-23H,2-3,6,11-12H2,1H3. The van der Waals surface area contributed by atoms with Gasteiger partial charge < -0.3 is 9.84 Å². The van der Waals surface area contributed by atoms with Crippen LogP contribution in [0.4, 0.5) is 8.78 Å². The summed E-state index contributed by atoms with van der Waals surface area (Å²) in [5.74, 6) is -1.58. The molecule has 2 aromatic carbocycles. The first kappa shape index (κ1) is 19.7. The molecule has 0 radical (unpaired) electrons. The van der Waals surface area contributed by atoms with Gasteiger partial charge in [0, 0.05) is 12.6 Å². The molecule has 0 saturated carbocycles. The maximum atomic E-state index is 13.3. The van der Waals surface area contributed by atoms with E-state index in [1.54, 1.807) is 19.2 Å². The Hall–Kier alpha value is -2.03. The normalized spacial score (nSPS) is 19.6. The third-order valence-electron chi connectivity index (χ3n) is 4.71. The van der Waals surface area contributed by atoms with Crippen LogP contribution in [0.25, 0.3) is 0 Å². The summed E-state index contributed by atoms with van der Waals surface area (Å²) in [6.45, 7) is -0.216. The Labute approximate surface area is 157 Å². The molecule has 0 amide bonds. The van der Waals surface area contributed by atoms with Gasteiger partial charge in [0.15, 0.2) is 0 Å². The molecule has 1 aliphatic rings. The molecular formula is C19H21F2NO4S. The van der Waals surface area contributed by atoms with Crippen molar-refractivity contribution in [3.8, 4) is 5.75 Å². The van der Waals surface area contributed by atoms with Crippen LogP contribution in [-0.2, 0) is 27.8 Å². The van der Waals surface area contributed by atoms with Crippen LogP contribution in [0.5, 0.6) is 5.75 Å².